The summed E-state index contributed by atoms with van der Waals surface area (Å²) >= 11 is 0. The van der Waals surface area contributed by atoms with Crippen molar-refractivity contribution in [3.05, 3.63) is 95.6 Å². The van der Waals surface area contributed by atoms with Crippen LogP contribution in [0.4, 0.5) is 11.4 Å². The second-order valence-corrected chi connectivity index (χ2v) is 8.82. The Morgan fingerprint density at radius 3 is 2.10 bits per heavy atom. The van der Waals surface area contributed by atoms with Crippen LogP contribution < -0.4 is 15.4 Å². The molecule has 3 rings (SSSR count). The van der Waals surface area contributed by atoms with Gasteiger partial charge in [0.2, 0.25) is 10.0 Å². The summed E-state index contributed by atoms with van der Waals surface area (Å²) < 4.78 is 25.6. The number of hydrogen-bond donors (Lipinski definition) is 3. The Morgan fingerprint density at radius 2 is 1.48 bits per heavy atom. The highest BCUT2D eigenvalue weighted by Crippen LogP contribution is 2.23. The lowest BCUT2D eigenvalue weighted by molar-refractivity contribution is -0.118. The molecule has 0 aliphatic carbocycles. The van der Waals surface area contributed by atoms with Gasteiger partial charge in [0, 0.05) is 11.3 Å². The van der Waals surface area contributed by atoms with E-state index in [2.05, 4.69) is 15.4 Å². The van der Waals surface area contributed by atoms with E-state index in [-0.39, 0.29) is 5.91 Å². The largest absolute Gasteiger partial charge is 0.336 e. The molecule has 1 atom stereocenters. The van der Waals surface area contributed by atoms with E-state index < -0.39 is 22.0 Å². The van der Waals surface area contributed by atoms with Gasteiger partial charge in [-0.25, -0.2) is 8.42 Å². The highest BCUT2D eigenvalue weighted by molar-refractivity contribution is 7.92. The van der Waals surface area contributed by atoms with E-state index in [1.807, 2.05) is 6.07 Å². The Kier molecular flexibility index (Phi) is 6.71. The van der Waals surface area contributed by atoms with E-state index in [0.29, 0.717) is 28.1 Å². The zero-order valence-corrected chi connectivity index (χ0v) is 17.9. The second kappa shape index (κ2) is 9.44. The molecule has 0 aromatic heterocycles. The van der Waals surface area contributed by atoms with Gasteiger partial charge in [-0.05, 0) is 42.3 Å². The molecule has 0 spiro atoms. The number of sulfonamides is 1. The predicted molar refractivity (Wildman–Crippen MR) is 121 cm³/mol. The van der Waals surface area contributed by atoms with Crippen LogP contribution in [0.5, 0.6) is 0 Å². The summed E-state index contributed by atoms with van der Waals surface area (Å²) in [5.41, 5.74) is 2.53. The van der Waals surface area contributed by atoms with Crippen LogP contribution in [0, 0.1) is 6.92 Å². The standard InChI is InChI=1S/C23H23N3O4S/c1-16-13-14-19(15-20(16)26-31(2,29)30)24-23(28)21(17-9-5-3-6-10-17)25-22(27)18-11-7-4-8-12-18/h3-15,21,26H,1-2H3,(H,24,28)(H,25,27). The maximum absolute atomic E-state index is 13.1. The molecule has 0 bridgehead atoms. The molecule has 8 heteroatoms. The summed E-state index contributed by atoms with van der Waals surface area (Å²) in [5, 5.41) is 5.53. The van der Waals surface area contributed by atoms with Crippen LogP contribution in [-0.4, -0.2) is 26.5 Å². The van der Waals surface area contributed by atoms with Crippen LogP contribution in [0.3, 0.4) is 0 Å². The Morgan fingerprint density at radius 1 is 0.871 bits per heavy atom. The van der Waals surface area contributed by atoms with Crippen molar-refractivity contribution in [2.24, 2.45) is 0 Å². The third-order valence-electron chi connectivity index (χ3n) is 4.51. The Bertz CT molecular complexity index is 1180. The molecule has 160 valence electrons. The second-order valence-electron chi connectivity index (χ2n) is 7.08. The van der Waals surface area contributed by atoms with Gasteiger partial charge < -0.3 is 10.6 Å². The average molecular weight is 438 g/mol. The summed E-state index contributed by atoms with van der Waals surface area (Å²) in [7, 11) is -3.47. The van der Waals surface area contributed by atoms with Gasteiger partial charge in [0.15, 0.2) is 0 Å². The van der Waals surface area contributed by atoms with Gasteiger partial charge in [-0.1, -0.05) is 54.6 Å². The van der Waals surface area contributed by atoms with Crippen molar-refractivity contribution in [1.82, 2.24) is 5.32 Å². The molecule has 0 aliphatic rings. The third kappa shape index (κ3) is 6.16. The molecule has 0 radical (unpaired) electrons. The topological polar surface area (TPSA) is 104 Å². The van der Waals surface area contributed by atoms with Crippen LogP contribution >= 0.6 is 0 Å². The summed E-state index contributed by atoms with van der Waals surface area (Å²) in [5.74, 6) is -0.836. The number of carbonyl (C=O) groups excluding carboxylic acids is 2. The van der Waals surface area contributed by atoms with E-state index in [9.17, 15) is 18.0 Å². The summed E-state index contributed by atoms with van der Waals surface area (Å²) in [6, 6.07) is 21.5. The number of aryl methyl sites for hydroxylation is 1. The van der Waals surface area contributed by atoms with Crippen LogP contribution in [0.1, 0.15) is 27.5 Å². The number of amides is 2. The quantitative estimate of drug-likeness (QED) is 0.526. The van der Waals surface area contributed by atoms with Gasteiger partial charge in [0.1, 0.15) is 6.04 Å². The lowest BCUT2D eigenvalue weighted by Gasteiger charge is -2.19. The first-order valence-electron chi connectivity index (χ1n) is 9.53. The number of carbonyl (C=O) groups is 2. The number of nitrogens with one attached hydrogen (secondary N) is 3. The van der Waals surface area contributed by atoms with E-state index in [0.717, 1.165) is 6.26 Å². The minimum atomic E-state index is -3.47. The SMILES string of the molecule is Cc1ccc(NC(=O)C(NC(=O)c2ccccc2)c2ccccc2)cc1NS(C)(=O)=O. The van der Waals surface area contributed by atoms with Crippen LogP contribution in [0.2, 0.25) is 0 Å². The Balaban J connectivity index is 1.85. The normalized spacial score (nSPS) is 11.9. The molecular formula is C23H23N3O4S. The summed E-state index contributed by atoms with van der Waals surface area (Å²) in [6.45, 7) is 1.76. The van der Waals surface area contributed by atoms with E-state index in [4.69, 9.17) is 0 Å². The molecule has 2 amide bonds. The predicted octanol–water partition coefficient (Wildman–Crippen LogP) is 3.48. The van der Waals surface area contributed by atoms with Crippen LogP contribution in [0.25, 0.3) is 0 Å². The Labute approximate surface area is 181 Å². The summed E-state index contributed by atoms with van der Waals surface area (Å²) in [4.78, 5) is 25.8. The highest BCUT2D eigenvalue weighted by Gasteiger charge is 2.23. The maximum Gasteiger partial charge on any atom is 0.252 e. The number of anilines is 2. The van der Waals surface area contributed by atoms with Gasteiger partial charge in [0.05, 0.1) is 11.9 Å². The minimum absolute atomic E-state index is 0.366. The molecule has 0 saturated carbocycles. The molecule has 3 N–H and O–H groups in total. The fourth-order valence-corrected chi connectivity index (χ4v) is 3.59. The molecule has 0 heterocycles. The van der Waals surface area contributed by atoms with Gasteiger partial charge in [-0.15, -0.1) is 0 Å². The fourth-order valence-electron chi connectivity index (χ4n) is 2.97. The van der Waals surface area contributed by atoms with Crippen LogP contribution in [0.15, 0.2) is 78.9 Å². The Hall–Kier alpha value is -3.65. The van der Waals surface area contributed by atoms with Crippen molar-refractivity contribution in [2.45, 2.75) is 13.0 Å². The molecular weight excluding hydrogens is 414 g/mol. The third-order valence-corrected chi connectivity index (χ3v) is 5.10. The molecule has 1 unspecified atom stereocenters. The minimum Gasteiger partial charge on any atom is -0.336 e. The monoisotopic (exact) mass is 437 g/mol. The smallest absolute Gasteiger partial charge is 0.252 e. The van der Waals surface area contributed by atoms with Crippen molar-refractivity contribution >= 4 is 33.2 Å². The molecule has 3 aromatic rings. The van der Waals surface area contributed by atoms with Gasteiger partial charge >= 0.3 is 0 Å². The summed E-state index contributed by atoms with van der Waals surface area (Å²) in [6.07, 6.45) is 1.06. The zero-order chi connectivity index (χ0) is 22.4. The number of hydrogen-bond acceptors (Lipinski definition) is 4. The van der Waals surface area contributed by atoms with Gasteiger partial charge in [0.25, 0.3) is 11.8 Å². The van der Waals surface area contributed by atoms with Gasteiger partial charge in [-0.2, -0.15) is 0 Å². The molecule has 0 aliphatic heterocycles. The van der Waals surface area contributed by atoms with Crippen LogP contribution in [-0.2, 0) is 14.8 Å². The first-order valence-corrected chi connectivity index (χ1v) is 11.4. The number of benzene rings is 3. The lowest BCUT2D eigenvalue weighted by atomic mass is 10.0. The van der Waals surface area contributed by atoms with E-state index in [1.54, 1.807) is 73.7 Å². The molecule has 3 aromatic carbocycles. The average Bonchev–Trinajstić information content (AvgIpc) is 2.74. The van der Waals surface area contributed by atoms with Crippen molar-refractivity contribution in [1.29, 1.82) is 0 Å². The van der Waals surface area contributed by atoms with Crippen molar-refractivity contribution < 1.29 is 18.0 Å². The van der Waals surface area contributed by atoms with Gasteiger partial charge in [-0.3, -0.25) is 14.3 Å². The first-order chi connectivity index (χ1) is 14.7. The highest BCUT2D eigenvalue weighted by atomic mass is 32.2. The molecule has 31 heavy (non-hydrogen) atoms. The lowest BCUT2D eigenvalue weighted by Crippen LogP contribution is -2.37. The van der Waals surface area contributed by atoms with Crippen molar-refractivity contribution in [3.63, 3.8) is 0 Å². The zero-order valence-electron chi connectivity index (χ0n) is 17.1. The molecule has 0 fully saturated rings. The van der Waals surface area contributed by atoms with E-state index >= 15 is 0 Å². The fraction of sp³-hybridized carbons (Fsp3) is 0.130. The number of rotatable bonds is 7. The van der Waals surface area contributed by atoms with Crippen molar-refractivity contribution in [2.75, 3.05) is 16.3 Å². The molecule has 0 saturated heterocycles. The van der Waals surface area contributed by atoms with E-state index in [1.165, 1.54) is 6.07 Å². The molecule has 7 nitrogen and oxygen atoms in total. The first kappa shape index (κ1) is 22.0. The maximum atomic E-state index is 13.1. The van der Waals surface area contributed by atoms with Crippen molar-refractivity contribution in [3.8, 4) is 0 Å².